The van der Waals surface area contributed by atoms with E-state index >= 15 is 0 Å². The molecule has 21 heavy (non-hydrogen) atoms. The number of aliphatic hydroxyl groups excluding tert-OH is 1. The molecule has 2 aromatic rings. The van der Waals surface area contributed by atoms with Gasteiger partial charge in [0, 0.05) is 13.2 Å². The van der Waals surface area contributed by atoms with Gasteiger partial charge in [-0.2, -0.15) is 8.42 Å². The van der Waals surface area contributed by atoms with Crippen LogP contribution in [0.5, 0.6) is 0 Å². The quantitative estimate of drug-likeness (QED) is 0.897. The van der Waals surface area contributed by atoms with Crippen LogP contribution >= 0.6 is 11.6 Å². The van der Waals surface area contributed by atoms with Gasteiger partial charge in [-0.3, -0.25) is 4.31 Å². The molecule has 0 bridgehead atoms. The van der Waals surface area contributed by atoms with Crippen LogP contribution in [0.1, 0.15) is 0 Å². The number of aryl methyl sites for hydroxylation is 1. The molecule has 0 fully saturated rings. The van der Waals surface area contributed by atoms with E-state index in [9.17, 15) is 12.8 Å². The summed E-state index contributed by atoms with van der Waals surface area (Å²) >= 11 is 5.75. The van der Waals surface area contributed by atoms with Crippen molar-refractivity contribution in [2.75, 3.05) is 17.5 Å². The van der Waals surface area contributed by atoms with Gasteiger partial charge in [0.25, 0.3) is 10.0 Å². The lowest BCUT2D eigenvalue weighted by atomic mass is 10.3. The highest BCUT2D eigenvalue weighted by Gasteiger charge is 2.28. The van der Waals surface area contributed by atoms with E-state index in [4.69, 9.17) is 16.7 Å². The van der Waals surface area contributed by atoms with E-state index in [1.807, 2.05) is 0 Å². The summed E-state index contributed by atoms with van der Waals surface area (Å²) in [6, 6.07) is 5.08. The minimum Gasteiger partial charge on any atom is -0.394 e. The summed E-state index contributed by atoms with van der Waals surface area (Å²) in [5.41, 5.74) is 0.103. The van der Waals surface area contributed by atoms with Crippen LogP contribution < -0.4 is 4.31 Å². The molecule has 6 nitrogen and oxygen atoms in total. The number of nitrogens with zero attached hydrogens (tertiary/aromatic N) is 3. The zero-order chi connectivity index (χ0) is 15.6. The van der Waals surface area contributed by atoms with E-state index in [1.54, 1.807) is 7.05 Å². The van der Waals surface area contributed by atoms with Gasteiger partial charge in [-0.05, 0) is 29.8 Å². The fraction of sp³-hybridized carbons (Fsp3) is 0.250. The average Bonchev–Trinajstić information content (AvgIpc) is 2.76. The van der Waals surface area contributed by atoms with Gasteiger partial charge in [0.05, 0.1) is 18.8 Å². The smallest absolute Gasteiger partial charge is 0.283 e. The summed E-state index contributed by atoms with van der Waals surface area (Å²) in [5, 5.41) is 8.83. The Labute approximate surface area is 126 Å². The maximum absolute atomic E-state index is 13.3. The van der Waals surface area contributed by atoms with Crippen LogP contribution in [0.2, 0.25) is 5.28 Å². The molecule has 1 heterocycles. The number of aliphatic hydroxyl groups is 1. The first-order chi connectivity index (χ1) is 9.86. The minimum atomic E-state index is -4.04. The van der Waals surface area contributed by atoms with Gasteiger partial charge in [-0.1, -0.05) is 6.07 Å². The summed E-state index contributed by atoms with van der Waals surface area (Å²) in [4.78, 5) is 3.76. The first-order valence-electron chi connectivity index (χ1n) is 5.94. The van der Waals surface area contributed by atoms with Crippen molar-refractivity contribution < 1.29 is 17.9 Å². The molecule has 0 saturated carbocycles. The summed E-state index contributed by atoms with van der Waals surface area (Å²) in [6.45, 7) is -0.643. The third-order valence-electron chi connectivity index (χ3n) is 2.75. The summed E-state index contributed by atoms with van der Waals surface area (Å²) in [6.07, 6.45) is 1.25. The van der Waals surface area contributed by atoms with Crippen LogP contribution in [0.15, 0.2) is 35.5 Å². The Kier molecular flexibility index (Phi) is 4.50. The van der Waals surface area contributed by atoms with Gasteiger partial charge < -0.3 is 9.67 Å². The Morgan fingerprint density at radius 2 is 2.19 bits per heavy atom. The molecule has 0 aliphatic carbocycles. The molecule has 0 radical (unpaired) electrons. The summed E-state index contributed by atoms with van der Waals surface area (Å²) in [7, 11) is -2.50. The molecule has 0 amide bonds. The zero-order valence-corrected chi connectivity index (χ0v) is 12.6. The molecule has 0 saturated heterocycles. The number of sulfonamides is 1. The number of benzene rings is 1. The number of hydrogen-bond acceptors (Lipinski definition) is 4. The van der Waals surface area contributed by atoms with Crippen molar-refractivity contribution >= 4 is 27.3 Å². The van der Waals surface area contributed by atoms with E-state index < -0.39 is 22.4 Å². The molecule has 2 rings (SSSR count). The van der Waals surface area contributed by atoms with Crippen molar-refractivity contribution in [1.82, 2.24) is 9.55 Å². The molecular formula is C12H13ClFN3O3S. The monoisotopic (exact) mass is 333 g/mol. The van der Waals surface area contributed by atoms with E-state index in [1.165, 1.54) is 29.0 Å². The average molecular weight is 334 g/mol. The molecule has 1 aromatic carbocycles. The van der Waals surface area contributed by atoms with E-state index in [0.717, 1.165) is 10.4 Å². The maximum Gasteiger partial charge on any atom is 0.283 e. The lowest BCUT2D eigenvalue weighted by Crippen LogP contribution is -2.34. The molecule has 1 aromatic heterocycles. The Morgan fingerprint density at radius 1 is 1.48 bits per heavy atom. The van der Waals surface area contributed by atoms with Crippen LogP contribution in [0.3, 0.4) is 0 Å². The Morgan fingerprint density at radius 3 is 2.71 bits per heavy atom. The van der Waals surface area contributed by atoms with Gasteiger partial charge in [0.1, 0.15) is 5.82 Å². The van der Waals surface area contributed by atoms with Crippen molar-refractivity contribution in [2.24, 2.45) is 7.05 Å². The highest BCUT2D eigenvalue weighted by Crippen LogP contribution is 2.24. The number of hydrogen-bond donors (Lipinski definition) is 1. The van der Waals surface area contributed by atoms with Crippen molar-refractivity contribution in [1.29, 1.82) is 0 Å². The van der Waals surface area contributed by atoms with Crippen molar-refractivity contribution in [2.45, 2.75) is 5.03 Å². The molecule has 0 unspecified atom stereocenters. The van der Waals surface area contributed by atoms with E-state index in [2.05, 4.69) is 4.98 Å². The Balaban J connectivity index is 2.51. The molecule has 0 atom stereocenters. The molecular weight excluding hydrogens is 321 g/mol. The number of anilines is 1. The third kappa shape index (κ3) is 3.17. The predicted molar refractivity (Wildman–Crippen MR) is 76.2 cm³/mol. The van der Waals surface area contributed by atoms with Gasteiger partial charge >= 0.3 is 0 Å². The SMILES string of the molecule is Cn1cc(S(=O)(=O)N(CCO)c2cccc(F)c2)nc1Cl. The van der Waals surface area contributed by atoms with E-state index in [0.29, 0.717) is 0 Å². The summed E-state index contributed by atoms with van der Waals surface area (Å²) < 4.78 is 40.6. The van der Waals surface area contributed by atoms with Crippen molar-refractivity contribution in [3.63, 3.8) is 0 Å². The maximum atomic E-state index is 13.3. The van der Waals surface area contributed by atoms with Gasteiger partial charge in [0.15, 0.2) is 5.03 Å². The van der Waals surface area contributed by atoms with Crippen LogP contribution in [0.4, 0.5) is 10.1 Å². The second-order valence-corrected chi connectivity index (χ2v) is 6.39. The zero-order valence-electron chi connectivity index (χ0n) is 11.1. The second-order valence-electron chi connectivity index (χ2n) is 4.24. The number of halogens is 2. The number of imidazole rings is 1. The minimum absolute atomic E-state index is 0.0109. The Bertz CT molecular complexity index is 728. The fourth-order valence-electron chi connectivity index (χ4n) is 1.76. The molecule has 0 aliphatic heterocycles. The van der Waals surface area contributed by atoms with Gasteiger partial charge in [0.2, 0.25) is 5.28 Å². The summed E-state index contributed by atoms with van der Waals surface area (Å²) in [5.74, 6) is -0.579. The second kappa shape index (κ2) is 6.00. The number of rotatable bonds is 5. The topological polar surface area (TPSA) is 75.4 Å². The third-order valence-corrected chi connectivity index (χ3v) is 4.80. The van der Waals surface area contributed by atoms with Gasteiger partial charge in [-0.15, -0.1) is 0 Å². The first-order valence-corrected chi connectivity index (χ1v) is 7.76. The van der Waals surface area contributed by atoms with Crippen LogP contribution in [0.25, 0.3) is 0 Å². The van der Waals surface area contributed by atoms with Crippen molar-refractivity contribution in [3.05, 3.63) is 41.6 Å². The normalized spacial score (nSPS) is 11.6. The van der Waals surface area contributed by atoms with Crippen molar-refractivity contribution in [3.8, 4) is 0 Å². The molecule has 0 aliphatic rings. The largest absolute Gasteiger partial charge is 0.394 e. The molecule has 0 spiro atoms. The molecule has 1 N–H and O–H groups in total. The molecule has 9 heteroatoms. The van der Waals surface area contributed by atoms with Crippen LogP contribution in [-0.2, 0) is 17.1 Å². The fourth-order valence-corrected chi connectivity index (χ4v) is 3.39. The van der Waals surface area contributed by atoms with Crippen LogP contribution in [-0.4, -0.2) is 36.2 Å². The Hall–Kier alpha value is -1.64. The lowest BCUT2D eigenvalue weighted by molar-refractivity contribution is 0.306. The standard InChI is InChI=1S/C12H13ClFN3O3S/c1-16-8-11(15-12(16)13)21(19,20)17(5-6-18)10-4-2-3-9(14)7-10/h2-4,7-8,18H,5-6H2,1H3. The highest BCUT2D eigenvalue weighted by atomic mass is 35.5. The predicted octanol–water partition coefficient (Wildman–Crippen LogP) is 1.40. The van der Waals surface area contributed by atoms with E-state index in [-0.39, 0.29) is 22.5 Å². The lowest BCUT2D eigenvalue weighted by Gasteiger charge is -2.22. The van der Waals surface area contributed by atoms with Crippen LogP contribution in [0, 0.1) is 5.82 Å². The van der Waals surface area contributed by atoms with Gasteiger partial charge in [-0.25, -0.2) is 9.37 Å². The first kappa shape index (κ1) is 15.7. The number of aromatic nitrogens is 2. The highest BCUT2D eigenvalue weighted by molar-refractivity contribution is 7.92. The molecule has 114 valence electrons.